The molecule has 0 radical (unpaired) electrons. The van der Waals surface area contributed by atoms with Crippen LogP contribution in [0.4, 0.5) is 32.0 Å². The standard InChI is InChI=1S/C29H28F6N4OS/c1-3-16-15-38-9-7-17(16)10-25(38)26(22-6-8-37-24-5-4-21(40-2)14-23(22)24)39(27(36)41)20-12-18(28(30,31)32)11-19(13-20)29(33,34)35/h3-6,8,11-14,16-17,25-26H,1,7,9-10,15H2,2H3,(H2,36,41). The summed E-state index contributed by atoms with van der Waals surface area (Å²) in [6.45, 7) is 5.32. The molecule has 5 unspecified atom stereocenters. The Labute approximate surface area is 238 Å². The fourth-order valence-electron chi connectivity index (χ4n) is 6.26. The van der Waals surface area contributed by atoms with Gasteiger partial charge in [-0.15, -0.1) is 6.58 Å². The molecule has 3 aliphatic rings. The van der Waals surface area contributed by atoms with Gasteiger partial charge >= 0.3 is 12.4 Å². The van der Waals surface area contributed by atoms with Gasteiger partial charge in [-0.2, -0.15) is 26.3 Å². The summed E-state index contributed by atoms with van der Waals surface area (Å²) in [6.07, 6.45) is -5.07. The topological polar surface area (TPSA) is 54.6 Å². The first-order chi connectivity index (χ1) is 19.3. The summed E-state index contributed by atoms with van der Waals surface area (Å²) in [5.74, 6) is 0.981. The summed E-state index contributed by atoms with van der Waals surface area (Å²) >= 11 is 5.39. The van der Waals surface area contributed by atoms with E-state index in [-0.39, 0.29) is 34.7 Å². The highest BCUT2D eigenvalue weighted by molar-refractivity contribution is 7.80. The Morgan fingerprint density at radius 2 is 1.80 bits per heavy atom. The first-order valence-electron chi connectivity index (χ1n) is 13.0. The van der Waals surface area contributed by atoms with Crippen molar-refractivity contribution in [3.05, 3.63) is 78.0 Å². The summed E-state index contributed by atoms with van der Waals surface area (Å²) in [7, 11) is 1.50. The number of nitrogens with two attached hydrogens (primary N) is 1. The van der Waals surface area contributed by atoms with Crippen LogP contribution in [0.25, 0.3) is 10.9 Å². The molecule has 2 N–H and O–H groups in total. The van der Waals surface area contributed by atoms with E-state index in [1.54, 1.807) is 30.5 Å². The summed E-state index contributed by atoms with van der Waals surface area (Å²) in [5, 5.41) is 0.280. The number of methoxy groups -OCH3 is 1. The Bertz CT molecular complexity index is 1440. The van der Waals surface area contributed by atoms with Crippen LogP contribution in [0.2, 0.25) is 0 Å². The molecule has 1 aromatic heterocycles. The SMILES string of the molecule is C=CC1CN2CCC1CC2C(c1ccnc2ccc(OC)cc12)N(C(N)=S)c1cc(C(F)(F)F)cc(C(F)(F)F)c1. The maximum atomic E-state index is 13.9. The van der Waals surface area contributed by atoms with Crippen molar-refractivity contribution < 1.29 is 31.1 Å². The molecule has 0 aliphatic carbocycles. The lowest BCUT2D eigenvalue weighted by molar-refractivity contribution is -0.143. The molecule has 0 spiro atoms. The van der Waals surface area contributed by atoms with E-state index in [9.17, 15) is 26.3 Å². The largest absolute Gasteiger partial charge is 0.497 e. The van der Waals surface area contributed by atoms with E-state index < -0.39 is 29.5 Å². The van der Waals surface area contributed by atoms with Crippen molar-refractivity contribution in [2.75, 3.05) is 25.1 Å². The number of aromatic nitrogens is 1. The zero-order chi connectivity index (χ0) is 29.7. The molecule has 6 rings (SSSR count). The highest BCUT2D eigenvalue weighted by atomic mass is 32.1. The number of alkyl halides is 6. The third-order valence-electron chi connectivity index (χ3n) is 8.19. The van der Waals surface area contributed by atoms with E-state index >= 15 is 0 Å². The predicted molar refractivity (Wildman–Crippen MR) is 149 cm³/mol. The number of piperidine rings is 3. The van der Waals surface area contributed by atoms with Crippen LogP contribution in [0.5, 0.6) is 5.75 Å². The van der Waals surface area contributed by atoms with Crippen molar-refractivity contribution in [1.29, 1.82) is 0 Å². The molecule has 0 saturated carbocycles. The molecule has 2 bridgehead atoms. The van der Waals surface area contributed by atoms with E-state index in [2.05, 4.69) is 16.5 Å². The summed E-state index contributed by atoms with van der Waals surface area (Å²) in [6, 6.07) is 7.22. The quantitative estimate of drug-likeness (QED) is 0.189. The zero-order valence-electron chi connectivity index (χ0n) is 22.0. The molecule has 5 nitrogen and oxygen atoms in total. The molecule has 2 aromatic carbocycles. The molecule has 3 saturated heterocycles. The summed E-state index contributed by atoms with van der Waals surface area (Å²) < 4.78 is 88.7. The van der Waals surface area contributed by atoms with Crippen LogP contribution in [0.15, 0.2) is 61.3 Å². The van der Waals surface area contributed by atoms with Gasteiger partial charge in [-0.05, 0) is 91.5 Å². The second kappa shape index (κ2) is 10.8. The molecule has 3 aliphatic heterocycles. The number of thiocarbonyl (C=S) groups is 1. The number of pyridine rings is 1. The van der Waals surface area contributed by atoms with E-state index in [1.807, 2.05) is 6.08 Å². The second-order valence-corrected chi connectivity index (χ2v) is 10.9. The Morgan fingerprint density at radius 3 is 2.34 bits per heavy atom. The van der Waals surface area contributed by atoms with Gasteiger partial charge in [-0.25, -0.2) is 0 Å². The third kappa shape index (κ3) is 5.59. The molecular weight excluding hydrogens is 566 g/mol. The van der Waals surface area contributed by atoms with E-state index in [0.29, 0.717) is 53.9 Å². The normalized spacial score (nSPS) is 23.3. The Hall–Kier alpha value is -3.38. The van der Waals surface area contributed by atoms with Gasteiger partial charge in [0.25, 0.3) is 0 Å². The molecule has 3 fully saturated rings. The number of fused-ring (bicyclic) bond motifs is 4. The number of rotatable bonds is 6. The fourth-order valence-corrected chi connectivity index (χ4v) is 6.48. The van der Waals surface area contributed by atoms with Gasteiger partial charge in [0, 0.05) is 29.9 Å². The minimum Gasteiger partial charge on any atom is -0.497 e. The number of nitrogens with zero attached hydrogens (tertiary/aromatic N) is 3. The lowest BCUT2D eigenvalue weighted by Crippen LogP contribution is -2.58. The van der Waals surface area contributed by atoms with Crippen LogP contribution >= 0.6 is 12.2 Å². The maximum Gasteiger partial charge on any atom is 0.416 e. The number of anilines is 1. The molecular formula is C29H28F6N4OS. The van der Waals surface area contributed by atoms with Crippen LogP contribution in [-0.4, -0.2) is 41.2 Å². The average Bonchev–Trinajstić information content (AvgIpc) is 2.94. The van der Waals surface area contributed by atoms with Crippen molar-refractivity contribution >= 4 is 33.9 Å². The predicted octanol–water partition coefficient (Wildman–Crippen LogP) is 6.97. The number of hydrogen-bond acceptors (Lipinski definition) is 4. The number of benzene rings is 2. The lowest BCUT2D eigenvalue weighted by atomic mass is 9.72. The molecule has 218 valence electrons. The van der Waals surface area contributed by atoms with Crippen molar-refractivity contribution in [3.63, 3.8) is 0 Å². The van der Waals surface area contributed by atoms with Crippen LogP contribution in [-0.2, 0) is 12.4 Å². The van der Waals surface area contributed by atoms with Crippen molar-refractivity contribution in [3.8, 4) is 5.75 Å². The van der Waals surface area contributed by atoms with Gasteiger partial charge in [0.1, 0.15) is 5.75 Å². The van der Waals surface area contributed by atoms with E-state index in [0.717, 1.165) is 6.42 Å². The Kier molecular flexibility index (Phi) is 7.66. The Balaban J connectivity index is 1.77. The van der Waals surface area contributed by atoms with Gasteiger partial charge in [0.15, 0.2) is 5.11 Å². The van der Waals surface area contributed by atoms with Crippen molar-refractivity contribution in [1.82, 2.24) is 9.88 Å². The number of halogens is 6. The number of hydrogen-bond donors (Lipinski definition) is 1. The average molecular weight is 595 g/mol. The zero-order valence-corrected chi connectivity index (χ0v) is 22.9. The van der Waals surface area contributed by atoms with Crippen molar-refractivity contribution in [2.45, 2.75) is 37.3 Å². The van der Waals surface area contributed by atoms with E-state index in [4.69, 9.17) is 22.7 Å². The first-order valence-corrected chi connectivity index (χ1v) is 13.4. The monoisotopic (exact) mass is 594 g/mol. The van der Waals surface area contributed by atoms with Crippen LogP contribution in [0.3, 0.4) is 0 Å². The smallest absolute Gasteiger partial charge is 0.416 e. The lowest BCUT2D eigenvalue weighted by Gasteiger charge is -2.53. The molecule has 12 heteroatoms. The third-order valence-corrected chi connectivity index (χ3v) is 8.38. The molecule has 41 heavy (non-hydrogen) atoms. The van der Waals surface area contributed by atoms with Gasteiger partial charge in [0.05, 0.1) is 29.8 Å². The summed E-state index contributed by atoms with van der Waals surface area (Å²) in [4.78, 5) is 7.87. The second-order valence-electron chi connectivity index (χ2n) is 10.4. The van der Waals surface area contributed by atoms with Crippen molar-refractivity contribution in [2.24, 2.45) is 17.6 Å². The maximum absolute atomic E-state index is 13.9. The highest BCUT2D eigenvalue weighted by Gasteiger charge is 2.46. The molecule has 3 aromatic rings. The number of ether oxygens (including phenoxy) is 1. The van der Waals surface area contributed by atoms with Gasteiger partial charge in [-0.1, -0.05) is 6.08 Å². The summed E-state index contributed by atoms with van der Waals surface area (Å²) in [5.41, 5.74) is 4.12. The van der Waals surface area contributed by atoms with Crippen LogP contribution < -0.4 is 15.4 Å². The minimum absolute atomic E-state index is 0.101. The van der Waals surface area contributed by atoms with Gasteiger partial charge in [0.2, 0.25) is 0 Å². The Morgan fingerprint density at radius 1 is 1.12 bits per heavy atom. The molecule has 4 heterocycles. The van der Waals surface area contributed by atoms with Gasteiger partial charge in [-0.3, -0.25) is 9.88 Å². The molecule has 5 atom stereocenters. The first kappa shape index (κ1) is 29.1. The minimum atomic E-state index is -5.03. The van der Waals surface area contributed by atoms with Gasteiger partial charge < -0.3 is 15.4 Å². The van der Waals surface area contributed by atoms with Crippen LogP contribution in [0, 0.1) is 11.8 Å². The van der Waals surface area contributed by atoms with E-state index in [1.165, 1.54) is 12.0 Å². The molecule has 0 amide bonds. The highest BCUT2D eigenvalue weighted by Crippen LogP contribution is 2.47. The fraction of sp³-hybridized carbons (Fsp3) is 0.379. The van der Waals surface area contributed by atoms with Crippen LogP contribution in [0.1, 0.15) is 35.6 Å².